The number of halogens is 3. The van der Waals surface area contributed by atoms with Gasteiger partial charge >= 0.3 is 6.18 Å². The van der Waals surface area contributed by atoms with E-state index in [1.54, 1.807) is 12.5 Å². The first-order chi connectivity index (χ1) is 18.9. The van der Waals surface area contributed by atoms with Gasteiger partial charge in [-0.05, 0) is 42.0 Å². The molecule has 198 valence electrons. The largest absolute Gasteiger partial charge is 0.416 e. The van der Waals surface area contributed by atoms with E-state index >= 15 is 0 Å². The summed E-state index contributed by atoms with van der Waals surface area (Å²) in [6.07, 6.45) is -0.935. The monoisotopic (exact) mass is 530 g/mol. The minimum absolute atomic E-state index is 0.323. The molecule has 1 saturated heterocycles. The Morgan fingerprint density at radius 3 is 2.18 bits per heavy atom. The SMILES string of the molecule is FC(F)(F)c1ccc(Cn2cnc3c(Nc4ccccc4)nc(N4CCN(c5ccccn5)CC4)nc32)cc1. The van der Waals surface area contributed by atoms with Gasteiger partial charge in [-0.15, -0.1) is 0 Å². The molecule has 1 aliphatic heterocycles. The Bertz CT molecular complexity index is 1550. The molecular formula is C28H25F3N8. The number of aromatic nitrogens is 5. The molecule has 39 heavy (non-hydrogen) atoms. The van der Waals surface area contributed by atoms with Crippen molar-refractivity contribution in [2.24, 2.45) is 0 Å². The Morgan fingerprint density at radius 1 is 0.769 bits per heavy atom. The summed E-state index contributed by atoms with van der Waals surface area (Å²) < 4.78 is 40.9. The second kappa shape index (κ2) is 10.2. The fourth-order valence-electron chi connectivity index (χ4n) is 4.61. The predicted molar refractivity (Wildman–Crippen MR) is 144 cm³/mol. The van der Waals surface area contributed by atoms with Crippen LogP contribution in [0.4, 0.5) is 36.4 Å². The fourth-order valence-corrected chi connectivity index (χ4v) is 4.61. The van der Waals surface area contributed by atoms with E-state index in [2.05, 4.69) is 25.1 Å². The molecule has 1 aliphatic rings. The maximum absolute atomic E-state index is 13.0. The van der Waals surface area contributed by atoms with Gasteiger partial charge in [0.05, 0.1) is 18.4 Å². The van der Waals surface area contributed by atoms with Gasteiger partial charge in [0.2, 0.25) is 5.95 Å². The molecule has 0 aliphatic carbocycles. The Kier molecular flexibility index (Phi) is 6.47. The van der Waals surface area contributed by atoms with Crippen LogP contribution in [0.3, 0.4) is 0 Å². The zero-order chi connectivity index (χ0) is 26.8. The van der Waals surface area contributed by atoms with Crippen LogP contribution in [-0.4, -0.2) is 50.7 Å². The highest BCUT2D eigenvalue weighted by Crippen LogP contribution is 2.30. The topological polar surface area (TPSA) is 75.0 Å². The molecule has 6 rings (SSSR count). The van der Waals surface area contributed by atoms with Crippen molar-refractivity contribution < 1.29 is 13.2 Å². The highest BCUT2D eigenvalue weighted by Gasteiger charge is 2.30. The Balaban J connectivity index is 1.31. The summed E-state index contributed by atoms with van der Waals surface area (Å²) in [7, 11) is 0. The average Bonchev–Trinajstić information content (AvgIpc) is 3.37. The molecule has 0 unspecified atom stereocenters. The number of anilines is 4. The maximum Gasteiger partial charge on any atom is 0.416 e. The molecule has 4 heterocycles. The maximum atomic E-state index is 13.0. The summed E-state index contributed by atoms with van der Waals surface area (Å²) in [4.78, 5) is 23.1. The van der Waals surface area contributed by atoms with Crippen LogP contribution in [-0.2, 0) is 12.7 Å². The molecule has 2 aromatic carbocycles. The van der Waals surface area contributed by atoms with E-state index in [9.17, 15) is 13.2 Å². The lowest BCUT2D eigenvalue weighted by molar-refractivity contribution is -0.137. The van der Waals surface area contributed by atoms with Crippen molar-refractivity contribution in [2.75, 3.05) is 41.3 Å². The van der Waals surface area contributed by atoms with E-state index in [0.29, 0.717) is 48.1 Å². The molecule has 0 amide bonds. The minimum Gasteiger partial charge on any atom is -0.353 e. The number of nitrogens with one attached hydrogen (secondary N) is 1. The summed E-state index contributed by atoms with van der Waals surface area (Å²) >= 11 is 0. The highest BCUT2D eigenvalue weighted by atomic mass is 19.4. The third kappa shape index (κ3) is 5.33. The first kappa shape index (κ1) is 24.7. The second-order valence-corrected chi connectivity index (χ2v) is 9.26. The number of fused-ring (bicyclic) bond motifs is 1. The van der Waals surface area contributed by atoms with Crippen molar-refractivity contribution in [2.45, 2.75) is 12.7 Å². The van der Waals surface area contributed by atoms with E-state index in [1.807, 2.05) is 53.1 Å². The summed E-state index contributed by atoms with van der Waals surface area (Å²) in [6, 6.07) is 20.7. The van der Waals surface area contributed by atoms with E-state index in [4.69, 9.17) is 9.97 Å². The van der Waals surface area contributed by atoms with Gasteiger partial charge in [0.25, 0.3) is 0 Å². The lowest BCUT2D eigenvalue weighted by atomic mass is 10.1. The molecule has 0 bridgehead atoms. The van der Waals surface area contributed by atoms with Crippen molar-refractivity contribution in [3.63, 3.8) is 0 Å². The molecule has 0 spiro atoms. The molecule has 8 nitrogen and oxygen atoms in total. The summed E-state index contributed by atoms with van der Waals surface area (Å²) in [5.41, 5.74) is 2.09. The number of para-hydroxylation sites is 1. The van der Waals surface area contributed by atoms with Gasteiger partial charge in [-0.2, -0.15) is 23.1 Å². The van der Waals surface area contributed by atoms with Crippen LogP contribution in [0, 0.1) is 0 Å². The average molecular weight is 531 g/mol. The number of benzene rings is 2. The van der Waals surface area contributed by atoms with E-state index in [0.717, 1.165) is 36.7 Å². The molecule has 1 N–H and O–H groups in total. The third-order valence-electron chi connectivity index (χ3n) is 6.66. The van der Waals surface area contributed by atoms with Crippen LogP contribution in [0.25, 0.3) is 11.2 Å². The van der Waals surface area contributed by atoms with Crippen LogP contribution in [0.1, 0.15) is 11.1 Å². The molecule has 0 radical (unpaired) electrons. The number of imidazole rings is 1. The molecule has 3 aromatic heterocycles. The van der Waals surface area contributed by atoms with E-state index in [1.165, 1.54) is 12.1 Å². The summed E-state index contributed by atoms with van der Waals surface area (Å²) in [5.74, 6) is 2.07. The van der Waals surface area contributed by atoms with Gasteiger partial charge in [-0.25, -0.2) is 9.97 Å². The van der Waals surface area contributed by atoms with E-state index in [-0.39, 0.29) is 0 Å². The number of piperazine rings is 1. The minimum atomic E-state index is -4.37. The lowest BCUT2D eigenvalue weighted by Gasteiger charge is -2.35. The normalized spacial score (nSPS) is 14.1. The molecule has 5 aromatic rings. The van der Waals surface area contributed by atoms with Crippen molar-refractivity contribution in [3.05, 3.63) is 96.4 Å². The standard InChI is InChI=1S/C28H25F3N8/c29-28(30,31)21-11-9-20(10-12-21)18-39-19-33-24-25(34-22-6-2-1-3-7-22)35-27(36-26(24)39)38-16-14-37(15-17-38)23-8-4-5-13-32-23/h1-13,19H,14-18H2,(H,34,35,36). The van der Waals surface area contributed by atoms with Crippen LogP contribution >= 0.6 is 0 Å². The van der Waals surface area contributed by atoms with Crippen LogP contribution < -0.4 is 15.1 Å². The van der Waals surface area contributed by atoms with E-state index < -0.39 is 11.7 Å². The zero-order valence-electron chi connectivity index (χ0n) is 20.9. The fraction of sp³-hybridized carbons (Fsp3) is 0.214. The number of alkyl halides is 3. The predicted octanol–water partition coefficient (Wildman–Crippen LogP) is 5.36. The van der Waals surface area contributed by atoms with Crippen LogP contribution in [0.2, 0.25) is 0 Å². The van der Waals surface area contributed by atoms with Crippen molar-refractivity contribution in [3.8, 4) is 0 Å². The molecule has 1 fully saturated rings. The third-order valence-corrected chi connectivity index (χ3v) is 6.66. The lowest BCUT2D eigenvalue weighted by Crippen LogP contribution is -2.47. The summed E-state index contributed by atoms with van der Waals surface area (Å²) in [6.45, 7) is 3.28. The van der Waals surface area contributed by atoms with Crippen molar-refractivity contribution >= 4 is 34.4 Å². The zero-order valence-corrected chi connectivity index (χ0v) is 20.9. The number of hydrogen-bond acceptors (Lipinski definition) is 7. The van der Waals surface area contributed by atoms with Gasteiger partial charge in [0.15, 0.2) is 17.0 Å². The van der Waals surface area contributed by atoms with Crippen molar-refractivity contribution in [1.29, 1.82) is 0 Å². The van der Waals surface area contributed by atoms with Crippen molar-refractivity contribution in [1.82, 2.24) is 24.5 Å². The number of hydrogen-bond donors (Lipinski definition) is 1. The van der Waals surface area contributed by atoms with Crippen LogP contribution in [0.5, 0.6) is 0 Å². The highest BCUT2D eigenvalue weighted by molar-refractivity contribution is 5.86. The van der Waals surface area contributed by atoms with Crippen LogP contribution in [0.15, 0.2) is 85.3 Å². The van der Waals surface area contributed by atoms with Gasteiger partial charge in [-0.3, -0.25) is 0 Å². The quantitative estimate of drug-likeness (QED) is 0.317. The summed E-state index contributed by atoms with van der Waals surface area (Å²) in [5, 5.41) is 3.36. The molecule has 0 atom stereocenters. The van der Waals surface area contributed by atoms with Gasteiger partial charge < -0.3 is 19.7 Å². The second-order valence-electron chi connectivity index (χ2n) is 9.26. The number of nitrogens with zero attached hydrogens (tertiary/aromatic N) is 7. The van der Waals surface area contributed by atoms with Gasteiger partial charge in [0, 0.05) is 38.1 Å². The smallest absolute Gasteiger partial charge is 0.353 e. The number of pyridine rings is 1. The molecular weight excluding hydrogens is 505 g/mol. The Hall–Kier alpha value is -4.67. The number of rotatable bonds is 6. The Labute approximate surface area is 222 Å². The first-order valence-electron chi connectivity index (χ1n) is 12.6. The van der Waals surface area contributed by atoms with Gasteiger partial charge in [0.1, 0.15) is 5.82 Å². The Morgan fingerprint density at radius 2 is 1.49 bits per heavy atom. The van der Waals surface area contributed by atoms with Gasteiger partial charge in [-0.1, -0.05) is 36.4 Å². The molecule has 0 saturated carbocycles. The first-order valence-corrected chi connectivity index (χ1v) is 12.6. The molecule has 11 heteroatoms.